The first-order chi connectivity index (χ1) is 7.08. The molecule has 2 N–H and O–H groups in total. The van der Waals surface area contributed by atoms with Crippen molar-refractivity contribution in [1.29, 1.82) is 0 Å². The van der Waals surface area contributed by atoms with Gasteiger partial charge in [-0.25, -0.2) is 8.78 Å². The molecule has 0 saturated carbocycles. The molecule has 15 heavy (non-hydrogen) atoms. The average molecular weight is 215 g/mol. The number of nitrogens with two attached hydrogens (primary N) is 1. The van der Waals surface area contributed by atoms with Gasteiger partial charge in [0, 0.05) is 6.04 Å². The fourth-order valence-corrected chi connectivity index (χ4v) is 1.25. The summed E-state index contributed by atoms with van der Waals surface area (Å²) in [4.78, 5) is 0. The Hall–Kier alpha value is -1.16. The minimum atomic E-state index is -2.44. The van der Waals surface area contributed by atoms with Gasteiger partial charge in [0.25, 0.3) is 6.43 Å². The van der Waals surface area contributed by atoms with Crippen LogP contribution in [-0.4, -0.2) is 19.1 Å². The summed E-state index contributed by atoms with van der Waals surface area (Å²) in [5.41, 5.74) is 6.71. The topological polar surface area (TPSA) is 35.2 Å². The van der Waals surface area contributed by atoms with Crippen LogP contribution >= 0.6 is 0 Å². The summed E-state index contributed by atoms with van der Waals surface area (Å²) >= 11 is 0. The summed E-state index contributed by atoms with van der Waals surface area (Å²) in [7, 11) is 0. The van der Waals surface area contributed by atoms with E-state index in [4.69, 9.17) is 10.5 Å². The van der Waals surface area contributed by atoms with Gasteiger partial charge in [-0.05, 0) is 31.0 Å². The van der Waals surface area contributed by atoms with Crippen molar-refractivity contribution in [2.24, 2.45) is 5.73 Å². The quantitative estimate of drug-likeness (QED) is 0.817. The van der Waals surface area contributed by atoms with Crippen molar-refractivity contribution >= 4 is 0 Å². The molecule has 0 aliphatic rings. The summed E-state index contributed by atoms with van der Waals surface area (Å²) in [5, 5.41) is 0. The van der Waals surface area contributed by atoms with Crippen LogP contribution in [0.4, 0.5) is 8.78 Å². The summed E-state index contributed by atoms with van der Waals surface area (Å²) in [6, 6.07) is 7.13. The highest BCUT2D eigenvalue weighted by Gasteiger charge is 2.03. The van der Waals surface area contributed by atoms with Gasteiger partial charge in [0.1, 0.15) is 12.4 Å². The van der Waals surface area contributed by atoms with Crippen molar-refractivity contribution in [2.75, 3.05) is 6.61 Å². The molecule has 0 fully saturated rings. The monoisotopic (exact) mass is 215 g/mol. The zero-order chi connectivity index (χ0) is 11.3. The number of benzene rings is 1. The third kappa shape index (κ3) is 4.74. The summed E-state index contributed by atoms with van der Waals surface area (Å²) < 4.78 is 28.5. The Kier molecular flexibility index (Phi) is 4.49. The van der Waals surface area contributed by atoms with E-state index in [-0.39, 0.29) is 6.04 Å². The van der Waals surface area contributed by atoms with Gasteiger partial charge >= 0.3 is 0 Å². The van der Waals surface area contributed by atoms with Crippen molar-refractivity contribution in [2.45, 2.75) is 25.8 Å². The van der Waals surface area contributed by atoms with Gasteiger partial charge in [0.05, 0.1) is 0 Å². The number of ether oxygens (including phenoxy) is 1. The molecule has 0 radical (unpaired) electrons. The van der Waals surface area contributed by atoms with E-state index < -0.39 is 13.0 Å². The number of alkyl halides is 2. The van der Waals surface area contributed by atoms with Gasteiger partial charge in [-0.15, -0.1) is 0 Å². The number of rotatable bonds is 5. The van der Waals surface area contributed by atoms with Crippen LogP contribution in [0.15, 0.2) is 24.3 Å². The predicted octanol–water partition coefficient (Wildman–Crippen LogP) is 2.22. The van der Waals surface area contributed by atoms with Crippen LogP contribution in [0.5, 0.6) is 5.75 Å². The van der Waals surface area contributed by atoms with Crippen molar-refractivity contribution in [3.05, 3.63) is 29.8 Å². The normalized spacial score (nSPS) is 12.9. The van der Waals surface area contributed by atoms with Gasteiger partial charge < -0.3 is 10.5 Å². The van der Waals surface area contributed by atoms with E-state index in [9.17, 15) is 8.78 Å². The minimum absolute atomic E-state index is 0.0952. The highest BCUT2D eigenvalue weighted by molar-refractivity contribution is 5.27. The lowest BCUT2D eigenvalue weighted by molar-refractivity contribution is 0.0819. The number of hydrogen-bond donors (Lipinski definition) is 1. The van der Waals surface area contributed by atoms with E-state index >= 15 is 0 Å². The molecule has 4 heteroatoms. The van der Waals surface area contributed by atoms with Crippen LogP contribution in [0.2, 0.25) is 0 Å². The Labute approximate surface area is 88.0 Å². The lowest BCUT2D eigenvalue weighted by atomic mass is 10.1. The van der Waals surface area contributed by atoms with Crippen molar-refractivity contribution in [3.8, 4) is 5.75 Å². The van der Waals surface area contributed by atoms with Gasteiger partial charge in [-0.1, -0.05) is 12.1 Å². The Balaban J connectivity index is 2.49. The summed E-state index contributed by atoms with van der Waals surface area (Å²) in [5.74, 6) is 0.462. The highest BCUT2D eigenvalue weighted by atomic mass is 19.3. The second-order valence-electron chi connectivity index (χ2n) is 3.53. The molecular weight excluding hydrogens is 200 g/mol. The smallest absolute Gasteiger partial charge is 0.272 e. The Bertz CT molecular complexity index is 285. The van der Waals surface area contributed by atoms with E-state index in [1.54, 1.807) is 12.1 Å². The molecule has 0 aromatic heterocycles. The van der Waals surface area contributed by atoms with Crippen LogP contribution in [0.3, 0.4) is 0 Å². The zero-order valence-electron chi connectivity index (χ0n) is 8.62. The molecule has 2 nitrogen and oxygen atoms in total. The van der Waals surface area contributed by atoms with Gasteiger partial charge in [-0.3, -0.25) is 0 Å². The number of hydrogen-bond acceptors (Lipinski definition) is 2. The van der Waals surface area contributed by atoms with E-state index in [2.05, 4.69) is 0 Å². The maximum atomic E-state index is 11.8. The molecule has 0 heterocycles. The van der Waals surface area contributed by atoms with Gasteiger partial charge in [0.15, 0.2) is 0 Å². The van der Waals surface area contributed by atoms with Crippen molar-refractivity contribution in [1.82, 2.24) is 0 Å². The third-order valence-corrected chi connectivity index (χ3v) is 1.86. The summed E-state index contributed by atoms with van der Waals surface area (Å²) in [6.45, 7) is 1.36. The zero-order valence-corrected chi connectivity index (χ0v) is 8.62. The molecule has 0 aliphatic carbocycles. The second-order valence-corrected chi connectivity index (χ2v) is 3.53. The molecule has 1 unspecified atom stereocenters. The van der Waals surface area contributed by atoms with Crippen molar-refractivity contribution in [3.63, 3.8) is 0 Å². The van der Waals surface area contributed by atoms with Crippen LogP contribution in [0, 0.1) is 0 Å². The lowest BCUT2D eigenvalue weighted by Crippen LogP contribution is -2.17. The fourth-order valence-electron chi connectivity index (χ4n) is 1.25. The molecule has 1 rings (SSSR count). The average Bonchev–Trinajstić information content (AvgIpc) is 2.16. The molecule has 1 aromatic carbocycles. The van der Waals surface area contributed by atoms with E-state index in [1.807, 2.05) is 19.1 Å². The molecule has 0 saturated heterocycles. The predicted molar refractivity (Wildman–Crippen MR) is 55.3 cm³/mol. The van der Waals surface area contributed by atoms with Crippen LogP contribution < -0.4 is 10.5 Å². The first kappa shape index (κ1) is 11.9. The molecule has 0 spiro atoms. The highest BCUT2D eigenvalue weighted by Crippen LogP contribution is 2.13. The van der Waals surface area contributed by atoms with Crippen LogP contribution in [0.25, 0.3) is 0 Å². The molecular formula is C11H15F2NO. The molecule has 84 valence electrons. The maximum absolute atomic E-state index is 11.8. The Morgan fingerprint density at radius 1 is 1.27 bits per heavy atom. The molecule has 1 atom stereocenters. The van der Waals surface area contributed by atoms with E-state index in [0.717, 1.165) is 12.0 Å². The third-order valence-electron chi connectivity index (χ3n) is 1.86. The molecule has 1 aromatic rings. The minimum Gasteiger partial charge on any atom is -0.488 e. The van der Waals surface area contributed by atoms with Crippen LogP contribution in [0.1, 0.15) is 12.5 Å². The van der Waals surface area contributed by atoms with E-state index in [0.29, 0.717) is 5.75 Å². The SMILES string of the molecule is CC(N)Cc1ccc(OCC(F)F)cc1. The van der Waals surface area contributed by atoms with Crippen molar-refractivity contribution < 1.29 is 13.5 Å². The second kappa shape index (κ2) is 5.66. The lowest BCUT2D eigenvalue weighted by Gasteiger charge is -2.08. The molecule has 0 amide bonds. The fraction of sp³-hybridized carbons (Fsp3) is 0.455. The number of halogens is 2. The van der Waals surface area contributed by atoms with Crippen LogP contribution in [-0.2, 0) is 6.42 Å². The molecule has 0 aliphatic heterocycles. The summed E-state index contributed by atoms with van der Waals surface area (Å²) in [6.07, 6.45) is -1.66. The Morgan fingerprint density at radius 3 is 2.33 bits per heavy atom. The first-order valence-corrected chi connectivity index (χ1v) is 4.83. The largest absolute Gasteiger partial charge is 0.488 e. The maximum Gasteiger partial charge on any atom is 0.272 e. The molecule has 0 bridgehead atoms. The standard InChI is InChI=1S/C11H15F2NO/c1-8(14)6-9-2-4-10(5-3-9)15-7-11(12)13/h2-5,8,11H,6-7,14H2,1H3. The first-order valence-electron chi connectivity index (χ1n) is 4.83. The van der Waals surface area contributed by atoms with E-state index in [1.165, 1.54) is 0 Å². The van der Waals surface area contributed by atoms with Gasteiger partial charge in [-0.2, -0.15) is 0 Å². The Morgan fingerprint density at radius 2 is 1.87 bits per heavy atom. The van der Waals surface area contributed by atoms with Gasteiger partial charge in [0.2, 0.25) is 0 Å².